The standard InChI is InChI=1S/C27H32N4O2/c1-17(2)27(33)10-12-31(13-11-27)25-23-9-6-19(14-21(23)16-28-30-25)24-15-20(5-4-18(24)3)26(32)29-22-7-8-22/h4-6,9,14-17,22,33H,7-8,10-13H2,1-3H3,(H,29,32). The maximum atomic E-state index is 12.6. The summed E-state index contributed by atoms with van der Waals surface area (Å²) in [5, 5.41) is 24.7. The highest BCUT2D eigenvalue weighted by Gasteiger charge is 2.35. The van der Waals surface area contributed by atoms with Crippen molar-refractivity contribution in [3.63, 3.8) is 0 Å². The Labute approximate surface area is 195 Å². The van der Waals surface area contributed by atoms with Crippen LogP contribution in [0.3, 0.4) is 0 Å². The summed E-state index contributed by atoms with van der Waals surface area (Å²) in [4.78, 5) is 14.8. The van der Waals surface area contributed by atoms with Crippen molar-refractivity contribution in [1.82, 2.24) is 15.5 Å². The number of carbonyl (C=O) groups excluding carboxylic acids is 1. The van der Waals surface area contributed by atoms with Gasteiger partial charge in [-0.1, -0.05) is 26.0 Å². The van der Waals surface area contributed by atoms with E-state index in [2.05, 4.69) is 59.4 Å². The van der Waals surface area contributed by atoms with Gasteiger partial charge in [0.15, 0.2) is 5.82 Å². The van der Waals surface area contributed by atoms with Gasteiger partial charge in [0, 0.05) is 35.5 Å². The van der Waals surface area contributed by atoms with Crippen LogP contribution in [0.1, 0.15) is 55.5 Å². The Morgan fingerprint density at radius 3 is 2.61 bits per heavy atom. The summed E-state index contributed by atoms with van der Waals surface area (Å²) in [7, 11) is 0. The van der Waals surface area contributed by atoms with Crippen molar-refractivity contribution in [2.75, 3.05) is 18.0 Å². The molecule has 2 heterocycles. The smallest absolute Gasteiger partial charge is 0.251 e. The summed E-state index contributed by atoms with van der Waals surface area (Å²) in [6.07, 6.45) is 5.42. The Balaban J connectivity index is 1.44. The van der Waals surface area contributed by atoms with Crippen LogP contribution in [0.25, 0.3) is 21.9 Å². The fourth-order valence-electron chi connectivity index (χ4n) is 4.73. The molecule has 1 saturated carbocycles. The molecule has 172 valence electrons. The van der Waals surface area contributed by atoms with Crippen molar-refractivity contribution < 1.29 is 9.90 Å². The number of benzene rings is 2. The lowest BCUT2D eigenvalue weighted by molar-refractivity contribution is -0.0262. The molecule has 0 spiro atoms. The van der Waals surface area contributed by atoms with Crippen LogP contribution in [0, 0.1) is 12.8 Å². The van der Waals surface area contributed by atoms with Gasteiger partial charge in [-0.05, 0) is 79.5 Å². The highest BCUT2D eigenvalue weighted by atomic mass is 16.3. The van der Waals surface area contributed by atoms with Crippen LogP contribution < -0.4 is 10.2 Å². The van der Waals surface area contributed by atoms with Gasteiger partial charge >= 0.3 is 0 Å². The summed E-state index contributed by atoms with van der Waals surface area (Å²) < 4.78 is 0. The SMILES string of the molecule is Cc1ccc(C(=O)NC2CC2)cc1-c1ccc2c(N3CCC(O)(C(C)C)CC3)nncc2c1. The molecule has 2 fully saturated rings. The number of hydrogen-bond acceptors (Lipinski definition) is 5. The van der Waals surface area contributed by atoms with E-state index in [1.165, 1.54) is 0 Å². The first-order valence-electron chi connectivity index (χ1n) is 12.0. The van der Waals surface area contributed by atoms with Crippen molar-refractivity contribution in [3.8, 4) is 11.1 Å². The molecule has 5 rings (SSSR count). The van der Waals surface area contributed by atoms with Crippen LogP contribution >= 0.6 is 0 Å². The molecule has 0 radical (unpaired) electrons. The number of amides is 1. The molecule has 3 aromatic rings. The van der Waals surface area contributed by atoms with E-state index < -0.39 is 5.60 Å². The van der Waals surface area contributed by atoms with Crippen LogP contribution in [0.5, 0.6) is 0 Å². The van der Waals surface area contributed by atoms with Gasteiger partial charge in [0.2, 0.25) is 0 Å². The van der Waals surface area contributed by atoms with E-state index in [4.69, 9.17) is 0 Å². The summed E-state index contributed by atoms with van der Waals surface area (Å²) in [5.74, 6) is 1.12. The number of fused-ring (bicyclic) bond motifs is 1. The Bertz CT molecular complexity index is 1190. The zero-order valence-corrected chi connectivity index (χ0v) is 19.6. The number of nitrogens with one attached hydrogen (secondary N) is 1. The maximum Gasteiger partial charge on any atom is 0.251 e. The second-order valence-corrected chi connectivity index (χ2v) is 9.99. The minimum absolute atomic E-state index is 0.000789. The van der Waals surface area contributed by atoms with E-state index in [0.717, 1.165) is 72.1 Å². The predicted octanol–water partition coefficient (Wildman–Crippen LogP) is 4.48. The normalized spacial score (nSPS) is 18.0. The number of aliphatic hydroxyl groups is 1. The highest BCUT2D eigenvalue weighted by Crippen LogP contribution is 2.35. The summed E-state index contributed by atoms with van der Waals surface area (Å²) in [6.45, 7) is 7.77. The molecule has 6 heteroatoms. The van der Waals surface area contributed by atoms with Crippen molar-refractivity contribution in [1.29, 1.82) is 0 Å². The Kier molecular flexibility index (Phi) is 5.57. The third kappa shape index (κ3) is 4.32. The summed E-state index contributed by atoms with van der Waals surface area (Å²) >= 11 is 0. The molecule has 1 saturated heterocycles. The molecule has 1 aliphatic heterocycles. The zero-order chi connectivity index (χ0) is 23.2. The quantitative estimate of drug-likeness (QED) is 0.606. The Morgan fingerprint density at radius 1 is 1.15 bits per heavy atom. The number of rotatable bonds is 5. The van der Waals surface area contributed by atoms with Crippen LogP contribution in [0.4, 0.5) is 5.82 Å². The van der Waals surface area contributed by atoms with Crippen LogP contribution in [-0.4, -0.2) is 45.9 Å². The molecule has 2 aromatic carbocycles. The van der Waals surface area contributed by atoms with Crippen molar-refractivity contribution in [3.05, 3.63) is 53.7 Å². The average Bonchev–Trinajstić information content (AvgIpc) is 3.63. The van der Waals surface area contributed by atoms with Crippen LogP contribution in [-0.2, 0) is 0 Å². The molecule has 0 bridgehead atoms. The van der Waals surface area contributed by atoms with Gasteiger partial charge in [-0.15, -0.1) is 5.10 Å². The van der Waals surface area contributed by atoms with E-state index in [0.29, 0.717) is 11.6 Å². The number of anilines is 1. The number of carbonyl (C=O) groups is 1. The molecule has 6 nitrogen and oxygen atoms in total. The molecule has 0 unspecified atom stereocenters. The molecule has 2 N–H and O–H groups in total. The van der Waals surface area contributed by atoms with Gasteiger partial charge in [-0.3, -0.25) is 4.79 Å². The first-order chi connectivity index (χ1) is 15.8. The van der Waals surface area contributed by atoms with Crippen molar-refractivity contribution in [2.24, 2.45) is 5.92 Å². The number of piperidine rings is 1. The predicted molar refractivity (Wildman–Crippen MR) is 131 cm³/mol. The molecule has 2 aliphatic rings. The number of aromatic nitrogens is 2. The zero-order valence-electron chi connectivity index (χ0n) is 19.6. The summed E-state index contributed by atoms with van der Waals surface area (Å²) in [5.41, 5.74) is 3.34. The molecule has 1 aliphatic carbocycles. The lowest BCUT2D eigenvalue weighted by Crippen LogP contribution is -2.47. The fourth-order valence-corrected chi connectivity index (χ4v) is 4.73. The van der Waals surface area contributed by atoms with Gasteiger partial charge in [0.1, 0.15) is 0 Å². The number of aryl methyl sites for hydroxylation is 1. The van der Waals surface area contributed by atoms with Gasteiger partial charge in [0.05, 0.1) is 11.8 Å². The van der Waals surface area contributed by atoms with Crippen LogP contribution in [0.2, 0.25) is 0 Å². The Hall–Kier alpha value is -2.99. The molecular formula is C27H32N4O2. The first kappa shape index (κ1) is 21.8. The second-order valence-electron chi connectivity index (χ2n) is 9.99. The third-order valence-corrected chi connectivity index (χ3v) is 7.37. The molecule has 33 heavy (non-hydrogen) atoms. The van der Waals surface area contributed by atoms with Gasteiger partial charge in [0.25, 0.3) is 5.91 Å². The van der Waals surface area contributed by atoms with E-state index >= 15 is 0 Å². The largest absolute Gasteiger partial charge is 0.389 e. The second kappa shape index (κ2) is 8.41. The summed E-state index contributed by atoms with van der Waals surface area (Å²) in [6, 6.07) is 12.6. The van der Waals surface area contributed by atoms with Gasteiger partial charge < -0.3 is 15.3 Å². The average molecular weight is 445 g/mol. The minimum Gasteiger partial charge on any atom is -0.389 e. The topological polar surface area (TPSA) is 78.4 Å². The van der Waals surface area contributed by atoms with E-state index in [9.17, 15) is 9.90 Å². The molecule has 1 amide bonds. The Morgan fingerprint density at radius 2 is 1.91 bits per heavy atom. The maximum absolute atomic E-state index is 12.6. The van der Waals surface area contributed by atoms with Gasteiger partial charge in [-0.2, -0.15) is 5.10 Å². The van der Waals surface area contributed by atoms with E-state index in [-0.39, 0.29) is 11.8 Å². The lowest BCUT2D eigenvalue weighted by atomic mass is 9.81. The minimum atomic E-state index is -0.601. The van der Waals surface area contributed by atoms with Crippen molar-refractivity contribution >= 4 is 22.5 Å². The molecule has 1 aromatic heterocycles. The molecular weight excluding hydrogens is 412 g/mol. The third-order valence-electron chi connectivity index (χ3n) is 7.37. The van der Waals surface area contributed by atoms with Gasteiger partial charge in [-0.25, -0.2) is 0 Å². The number of nitrogens with zero attached hydrogens (tertiary/aromatic N) is 3. The van der Waals surface area contributed by atoms with E-state index in [1.54, 1.807) is 6.20 Å². The lowest BCUT2D eigenvalue weighted by Gasteiger charge is -2.41. The number of hydrogen-bond donors (Lipinski definition) is 2. The molecule has 0 atom stereocenters. The fraction of sp³-hybridized carbons (Fsp3) is 0.444. The van der Waals surface area contributed by atoms with Crippen molar-refractivity contribution in [2.45, 2.75) is 58.1 Å². The van der Waals surface area contributed by atoms with Crippen LogP contribution in [0.15, 0.2) is 42.6 Å². The monoisotopic (exact) mass is 444 g/mol. The van der Waals surface area contributed by atoms with E-state index in [1.807, 2.05) is 18.2 Å². The first-order valence-corrected chi connectivity index (χ1v) is 12.0. The highest BCUT2D eigenvalue weighted by molar-refractivity contribution is 5.98.